The van der Waals surface area contributed by atoms with Crippen LogP contribution in [0.3, 0.4) is 0 Å². The highest BCUT2D eigenvalue weighted by atomic mass is 32.2. The number of fused-ring (bicyclic) bond motifs is 1. The van der Waals surface area contributed by atoms with Crippen molar-refractivity contribution in [1.29, 1.82) is 4.78 Å². The van der Waals surface area contributed by atoms with Gasteiger partial charge in [-0.15, -0.1) is 0 Å². The standard InChI is InChI=1S/C27H31N9O2S/c1-14-21(23(18-7-8-18)32-13-31-14)24-33-15(2)22-26(35-24)36(16(3)17-5-6-17)27(37)25(34-22)30-11-19-9-10-20(12-29-19)39(4,28)38/h9-10,12-13,16-18,28H,5-8,11H2,1-4H3,(H,30,34)/t16-,39?/m0/s1. The molecule has 2 saturated carbocycles. The van der Waals surface area contributed by atoms with Crippen molar-refractivity contribution < 1.29 is 4.21 Å². The van der Waals surface area contributed by atoms with Crippen molar-refractivity contribution in [3.63, 3.8) is 0 Å². The summed E-state index contributed by atoms with van der Waals surface area (Å²) in [5, 5.41) is 3.15. The number of pyridine rings is 1. The number of anilines is 1. The molecule has 4 aromatic heterocycles. The molecular weight excluding hydrogens is 514 g/mol. The first-order valence-corrected chi connectivity index (χ1v) is 15.1. The quantitative estimate of drug-likeness (QED) is 0.332. The molecule has 0 amide bonds. The molecule has 6 rings (SSSR count). The Morgan fingerprint density at radius 3 is 2.49 bits per heavy atom. The highest BCUT2D eigenvalue weighted by Gasteiger charge is 2.33. The number of hydrogen-bond donors (Lipinski definition) is 2. The summed E-state index contributed by atoms with van der Waals surface area (Å²) in [7, 11) is -2.84. The average Bonchev–Trinajstić information content (AvgIpc) is 3.81. The van der Waals surface area contributed by atoms with Gasteiger partial charge in [0.25, 0.3) is 5.56 Å². The van der Waals surface area contributed by atoms with Gasteiger partial charge in [-0.05, 0) is 64.5 Å². The largest absolute Gasteiger partial charge is 0.360 e. The molecule has 2 atom stereocenters. The molecule has 4 heterocycles. The van der Waals surface area contributed by atoms with Crippen LogP contribution in [0.1, 0.15) is 67.3 Å². The topological polar surface area (TPSA) is 152 Å². The second-order valence-electron chi connectivity index (χ2n) is 10.7. The summed E-state index contributed by atoms with van der Waals surface area (Å²) >= 11 is 0. The van der Waals surface area contributed by atoms with Gasteiger partial charge in [0.1, 0.15) is 11.8 Å². The van der Waals surface area contributed by atoms with E-state index in [-0.39, 0.29) is 24.0 Å². The van der Waals surface area contributed by atoms with Crippen LogP contribution >= 0.6 is 0 Å². The lowest BCUT2D eigenvalue weighted by molar-refractivity contribution is 0.482. The Morgan fingerprint density at radius 2 is 1.85 bits per heavy atom. The molecule has 0 spiro atoms. The van der Waals surface area contributed by atoms with Crippen LogP contribution in [0, 0.1) is 24.5 Å². The van der Waals surface area contributed by atoms with E-state index in [1.807, 2.05) is 13.8 Å². The number of aromatic nitrogens is 7. The second kappa shape index (κ2) is 9.44. The Labute approximate surface area is 226 Å². The minimum absolute atomic E-state index is 0.0473. The maximum Gasteiger partial charge on any atom is 0.295 e. The third-order valence-electron chi connectivity index (χ3n) is 7.56. The van der Waals surface area contributed by atoms with E-state index < -0.39 is 9.73 Å². The summed E-state index contributed by atoms with van der Waals surface area (Å²) in [5.41, 5.74) is 4.81. The first-order chi connectivity index (χ1) is 18.6. The second-order valence-corrected chi connectivity index (χ2v) is 12.9. The van der Waals surface area contributed by atoms with Crippen molar-refractivity contribution in [2.75, 3.05) is 11.6 Å². The van der Waals surface area contributed by atoms with E-state index in [1.165, 1.54) is 12.5 Å². The third kappa shape index (κ3) is 4.88. The van der Waals surface area contributed by atoms with Crippen molar-refractivity contribution >= 4 is 26.7 Å². The van der Waals surface area contributed by atoms with E-state index in [0.717, 1.165) is 42.6 Å². The summed E-state index contributed by atoms with van der Waals surface area (Å²) in [5.74, 6) is 1.54. The molecule has 2 aliphatic rings. The van der Waals surface area contributed by atoms with Gasteiger partial charge in [0.05, 0.1) is 49.5 Å². The van der Waals surface area contributed by atoms with Gasteiger partial charge in [0.15, 0.2) is 17.3 Å². The summed E-state index contributed by atoms with van der Waals surface area (Å²) in [6, 6.07) is 3.29. The fourth-order valence-corrected chi connectivity index (χ4v) is 5.55. The van der Waals surface area contributed by atoms with Crippen LogP contribution in [0.5, 0.6) is 0 Å². The highest BCUT2D eigenvalue weighted by Crippen LogP contribution is 2.44. The predicted molar refractivity (Wildman–Crippen MR) is 148 cm³/mol. The van der Waals surface area contributed by atoms with E-state index >= 15 is 0 Å². The van der Waals surface area contributed by atoms with E-state index in [9.17, 15) is 9.00 Å². The summed E-state index contributed by atoms with van der Waals surface area (Å²) in [6.07, 6.45) is 8.73. The minimum atomic E-state index is -2.84. The molecule has 0 saturated heterocycles. The molecule has 39 heavy (non-hydrogen) atoms. The molecular formula is C27H31N9O2S. The lowest BCUT2D eigenvalue weighted by Crippen LogP contribution is -2.30. The number of aryl methyl sites for hydroxylation is 2. The lowest BCUT2D eigenvalue weighted by Gasteiger charge is -2.20. The van der Waals surface area contributed by atoms with E-state index in [4.69, 9.17) is 19.7 Å². The SMILES string of the molecule is Cc1ncnc(C2CC2)c1-c1nc(C)c2nc(NCc3ccc(S(C)(=N)=O)cn3)c(=O)n([C@@H](C)C3CC3)c2n1. The zero-order chi connectivity index (χ0) is 27.5. The molecule has 2 fully saturated rings. The van der Waals surface area contributed by atoms with E-state index in [2.05, 4.69) is 27.2 Å². The average molecular weight is 546 g/mol. The molecule has 2 N–H and O–H groups in total. The molecule has 202 valence electrons. The first-order valence-electron chi connectivity index (χ1n) is 13.2. The minimum Gasteiger partial charge on any atom is -0.360 e. The molecule has 2 aliphatic carbocycles. The van der Waals surface area contributed by atoms with Crippen LogP contribution in [0.2, 0.25) is 0 Å². The van der Waals surface area contributed by atoms with Gasteiger partial charge >= 0.3 is 0 Å². The van der Waals surface area contributed by atoms with Crippen LogP contribution in [0.4, 0.5) is 5.82 Å². The highest BCUT2D eigenvalue weighted by molar-refractivity contribution is 7.91. The molecule has 4 aromatic rings. The van der Waals surface area contributed by atoms with Gasteiger partial charge in [0.2, 0.25) is 0 Å². The Bertz CT molecular complexity index is 1760. The van der Waals surface area contributed by atoms with Gasteiger partial charge in [-0.3, -0.25) is 14.3 Å². The van der Waals surface area contributed by atoms with Crippen LogP contribution in [-0.2, 0) is 16.3 Å². The fraction of sp³-hybridized carbons (Fsp3) is 0.444. The van der Waals surface area contributed by atoms with Crippen LogP contribution in [0.25, 0.3) is 22.6 Å². The summed E-state index contributed by atoms with van der Waals surface area (Å²) in [4.78, 5) is 42.0. The number of hydrogen-bond acceptors (Lipinski definition) is 10. The number of nitrogens with one attached hydrogen (secondary N) is 2. The number of rotatable bonds is 8. The molecule has 0 aliphatic heterocycles. The first kappa shape index (κ1) is 25.5. The molecule has 1 unspecified atom stereocenters. The van der Waals surface area contributed by atoms with Gasteiger partial charge < -0.3 is 5.32 Å². The van der Waals surface area contributed by atoms with Crippen molar-refractivity contribution in [3.8, 4) is 11.4 Å². The van der Waals surface area contributed by atoms with Gasteiger partial charge in [0, 0.05) is 24.4 Å². The Morgan fingerprint density at radius 1 is 1.08 bits per heavy atom. The monoisotopic (exact) mass is 545 g/mol. The predicted octanol–water partition coefficient (Wildman–Crippen LogP) is 4.15. The maximum atomic E-state index is 13.8. The molecule has 0 aromatic carbocycles. The summed E-state index contributed by atoms with van der Waals surface area (Å²) in [6.45, 7) is 6.15. The van der Waals surface area contributed by atoms with Gasteiger partial charge in [-0.2, -0.15) is 0 Å². The Balaban J connectivity index is 1.44. The number of nitrogens with zero attached hydrogens (tertiary/aromatic N) is 7. The van der Waals surface area contributed by atoms with Crippen molar-refractivity contribution in [3.05, 3.63) is 57.8 Å². The van der Waals surface area contributed by atoms with Crippen molar-refractivity contribution in [2.45, 2.75) is 69.9 Å². The van der Waals surface area contributed by atoms with Crippen molar-refractivity contribution in [2.24, 2.45) is 5.92 Å². The molecule has 0 bridgehead atoms. The lowest BCUT2D eigenvalue weighted by atomic mass is 10.1. The molecule has 11 nitrogen and oxygen atoms in total. The molecule has 12 heteroatoms. The zero-order valence-electron chi connectivity index (χ0n) is 22.4. The third-order valence-corrected chi connectivity index (χ3v) is 8.70. The normalized spacial score (nSPS) is 17.6. The summed E-state index contributed by atoms with van der Waals surface area (Å²) < 4.78 is 21.5. The smallest absolute Gasteiger partial charge is 0.295 e. The van der Waals surface area contributed by atoms with Crippen LogP contribution in [0.15, 0.2) is 34.3 Å². The van der Waals surface area contributed by atoms with Crippen LogP contribution < -0.4 is 10.9 Å². The maximum absolute atomic E-state index is 13.8. The zero-order valence-corrected chi connectivity index (χ0v) is 23.2. The van der Waals surface area contributed by atoms with Gasteiger partial charge in [-0.25, -0.2) is 33.9 Å². The fourth-order valence-electron chi connectivity index (χ4n) is 4.97. The molecule has 0 radical (unpaired) electrons. The van der Waals surface area contributed by atoms with Crippen LogP contribution in [-0.4, -0.2) is 44.9 Å². The Hall–Kier alpha value is -3.80. The van der Waals surface area contributed by atoms with Gasteiger partial charge in [-0.1, -0.05) is 0 Å². The Kier molecular flexibility index (Phi) is 6.17. The van der Waals surface area contributed by atoms with E-state index in [1.54, 1.807) is 23.0 Å². The van der Waals surface area contributed by atoms with E-state index in [0.29, 0.717) is 45.1 Å². The van der Waals surface area contributed by atoms with Crippen molar-refractivity contribution in [1.82, 2.24) is 34.5 Å².